The number of benzene rings is 2. The molecule has 15 heteroatoms. The van der Waals surface area contributed by atoms with Crippen molar-refractivity contribution < 1.29 is 40.2 Å². The van der Waals surface area contributed by atoms with Gasteiger partial charge in [-0.15, -0.1) is 15.3 Å². The molecule has 0 spiro atoms. The molecule has 2 aromatic heterocycles. The summed E-state index contributed by atoms with van der Waals surface area (Å²) in [6.45, 7) is -0.523. The largest absolute Gasteiger partial charge is 0.497 e. The van der Waals surface area contributed by atoms with E-state index in [4.69, 9.17) is 14.2 Å². The number of methoxy groups -OCH3 is 2. The highest BCUT2D eigenvalue weighted by atomic mass is 32.2. The molecule has 0 aliphatic rings. The molecule has 0 radical (unpaired) electrons. The van der Waals surface area contributed by atoms with Gasteiger partial charge in [-0.2, -0.15) is 17.7 Å². The van der Waals surface area contributed by atoms with Crippen molar-refractivity contribution in [1.82, 2.24) is 24.5 Å². The van der Waals surface area contributed by atoms with Crippen LogP contribution >= 0.6 is 0 Å². The van der Waals surface area contributed by atoms with E-state index in [1.165, 1.54) is 24.8 Å². The standard InChI is InChI=1S/C22H19F4N5O5S/c1-34-13-3-6-18(35-2)15(11-13)21-29-28-19-7-8-20(30-31(19)21)36-10-9-27-37(32,33)14-4-5-17(23)16(12-14)22(24,25)26/h3-8,11-12,27H,9-10H2,1-2H3. The minimum atomic E-state index is -5.04. The molecule has 0 saturated carbocycles. The predicted octanol–water partition coefficient (Wildman–Crippen LogP) is 3.32. The average molecular weight is 541 g/mol. The molecule has 4 rings (SSSR count). The quantitative estimate of drug-likeness (QED) is 0.253. The number of rotatable bonds is 9. The lowest BCUT2D eigenvalue weighted by Crippen LogP contribution is -2.28. The second-order valence-electron chi connectivity index (χ2n) is 7.42. The molecule has 0 aliphatic carbocycles. The third-order valence-electron chi connectivity index (χ3n) is 5.08. The Labute approximate surface area is 207 Å². The van der Waals surface area contributed by atoms with Crippen molar-refractivity contribution in [3.8, 4) is 28.8 Å². The van der Waals surface area contributed by atoms with E-state index >= 15 is 0 Å². The van der Waals surface area contributed by atoms with Crippen LogP contribution in [0.15, 0.2) is 53.4 Å². The molecular weight excluding hydrogens is 522 g/mol. The predicted molar refractivity (Wildman–Crippen MR) is 121 cm³/mol. The van der Waals surface area contributed by atoms with E-state index in [2.05, 4.69) is 20.0 Å². The van der Waals surface area contributed by atoms with E-state index in [9.17, 15) is 26.0 Å². The lowest BCUT2D eigenvalue weighted by molar-refractivity contribution is -0.140. The Hall–Kier alpha value is -3.98. The summed E-state index contributed by atoms with van der Waals surface area (Å²) < 4.78 is 96.6. The Kier molecular flexibility index (Phi) is 7.18. The van der Waals surface area contributed by atoms with Crippen LogP contribution in [0, 0.1) is 5.82 Å². The summed E-state index contributed by atoms with van der Waals surface area (Å²) in [5, 5.41) is 12.5. The second-order valence-corrected chi connectivity index (χ2v) is 9.18. The van der Waals surface area contributed by atoms with Crippen LogP contribution in [0.5, 0.6) is 17.4 Å². The molecule has 0 fully saturated rings. The Balaban J connectivity index is 1.48. The number of sulfonamides is 1. The Bertz CT molecular complexity index is 1540. The Morgan fingerprint density at radius 1 is 1.00 bits per heavy atom. The molecular formula is C22H19F4N5O5S. The van der Waals surface area contributed by atoms with Crippen LogP contribution in [0.3, 0.4) is 0 Å². The van der Waals surface area contributed by atoms with E-state index in [1.807, 2.05) is 0 Å². The van der Waals surface area contributed by atoms with Crippen molar-refractivity contribution >= 4 is 15.7 Å². The topological polar surface area (TPSA) is 117 Å². The minimum Gasteiger partial charge on any atom is -0.497 e. The van der Waals surface area contributed by atoms with Gasteiger partial charge in [-0.25, -0.2) is 17.5 Å². The van der Waals surface area contributed by atoms with Crippen molar-refractivity contribution in [2.75, 3.05) is 27.4 Å². The van der Waals surface area contributed by atoms with Crippen molar-refractivity contribution in [3.05, 3.63) is 59.9 Å². The molecule has 0 unspecified atom stereocenters. The average Bonchev–Trinajstić information content (AvgIpc) is 3.28. The summed E-state index contributed by atoms with van der Waals surface area (Å²) in [5.74, 6) is -0.108. The van der Waals surface area contributed by atoms with Crippen LogP contribution in [0.1, 0.15) is 5.56 Å². The van der Waals surface area contributed by atoms with Gasteiger partial charge in [0.15, 0.2) is 11.5 Å². The van der Waals surface area contributed by atoms with Crippen molar-refractivity contribution in [3.63, 3.8) is 0 Å². The first kappa shape index (κ1) is 26.1. The van der Waals surface area contributed by atoms with Gasteiger partial charge in [-0.1, -0.05) is 0 Å². The zero-order valence-corrected chi connectivity index (χ0v) is 20.1. The van der Waals surface area contributed by atoms with Crippen molar-refractivity contribution in [2.45, 2.75) is 11.1 Å². The lowest BCUT2D eigenvalue weighted by atomic mass is 10.2. The number of nitrogens with one attached hydrogen (secondary N) is 1. The van der Waals surface area contributed by atoms with Gasteiger partial charge in [0, 0.05) is 12.6 Å². The summed E-state index contributed by atoms with van der Waals surface area (Å²) >= 11 is 0. The molecule has 0 aliphatic heterocycles. The van der Waals surface area contributed by atoms with Crippen molar-refractivity contribution in [1.29, 1.82) is 0 Å². The monoisotopic (exact) mass is 541 g/mol. The molecule has 0 saturated heterocycles. The number of hydrogen-bond donors (Lipinski definition) is 1. The lowest BCUT2D eigenvalue weighted by Gasteiger charge is -2.12. The van der Waals surface area contributed by atoms with Gasteiger partial charge < -0.3 is 14.2 Å². The number of halogens is 4. The summed E-state index contributed by atoms with van der Waals surface area (Å²) in [4.78, 5) is -0.734. The number of nitrogens with zero attached hydrogens (tertiary/aromatic N) is 4. The summed E-state index contributed by atoms with van der Waals surface area (Å²) in [6.07, 6.45) is -5.04. The minimum absolute atomic E-state index is 0.0933. The van der Waals surface area contributed by atoms with E-state index in [-0.39, 0.29) is 25.1 Å². The molecule has 4 aromatic rings. The number of hydrogen-bond acceptors (Lipinski definition) is 8. The van der Waals surface area contributed by atoms with Crippen LogP contribution in [0.2, 0.25) is 0 Å². The van der Waals surface area contributed by atoms with Crippen molar-refractivity contribution in [2.24, 2.45) is 0 Å². The van der Waals surface area contributed by atoms with Crippen LogP contribution in [-0.4, -0.2) is 55.6 Å². The maximum atomic E-state index is 13.5. The molecule has 2 heterocycles. The zero-order valence-electron chi connectivity index (χ0n) is 19.3. The smallest absolute Gasteiger partial charge is 0.419 e. The second kappa shape index (κ2) is 10.2. The highest BCUT2D eigenvalue weighted by Gasteiger charge is 2.35. The Morgan fingerprint density at radius 3 is 2.49 bits per heavy atom. The molecule has 10 nitrogen and oxygen atoms in total. The number of alkyl halides is 3. The van der Waals surface area contributed by atoms with Gasteiger partial charge in [0.05, 0.1) is 30.2 Å². The van der Waals surface area contributed by atoms with Gasteiger partial charge in [-0.3, -0.25) is 0 Å². The van der Waals surface area contributed by atoms with Gasteiger partial charge in [-0.05, 0) is 42.5 Å². The van der Waals surface area contributed by atoms with Gasteiger partial charge >= 0.3 is 6.18 Å². The maximum Gasteiger partial charge on any atom is 0.419 e. The fourth-order valence-corrected chi connectivity index (χ4v) is 4.35. The van der Waals surface area contributed by atoms with Crippen LogP contribution in [0.25, 0.3) is 17.0 Å². The third kappa shape index (κ3) is 5.56. The first-order chi connectivity index (χ1) is 17.5. The van der Waals surface area contributed by atoms with Gasteiger partial charge in [0.1, 0.15) is 23.9 Å². The first-order valence-corrected chi connectivity index (χ1v) is 12.0. The molecule has 37 heavy (non-hydrogen) atoms. The zero-order chi connectivity index (χ0) is 26.8. The van der Waals surface area contributed by atoms with Gasteiger partial charge in [0.2, 0.25) is 15.9 Å². The van der Waals surface area contributed by atoms with E-state index < -0.39 is 32.5 Å². The molecule has 0 bridgehead atoms. The molecule has 196 valence electrons. The number of fused-ring (bicyclic) bond motifs is 1. The molecule has 0 amide bonds. The summed E-state index contributed by atoms with van der Waals surface area (Å²) in [7, 11) is -1.36. The number of aromatic nitrogens is 4. The third-order valence-corrected chi connectivity index (χ3v) is 6.54. The fourth-order valence-electron chi connectivity index (χ4n) is 3.31. The van der Waals surface area contributed by atoms with Gasteiger partial charge in [0.25, 0.3) is 0 Å². The Morgan fingerprint density at radius 2 is 1.78 bits per heavy atom. The number of ether oxygens (including phenoxy) is 3. The van der Waals surface area contributed by atoms with E-state index in [0.29, 0.717) is 34.6 Å². The highest BCUT2D eigenvalue weighted by molar-refractivity contribution is 7.89. The van der Waals surface area contributed by atoms with E-state index in [0.717, 1.165) is 6.07 Å². The fraction of sp³-hybridized carbons (Fsp3) is 0.227. The maximum absolute atomic E-state index is 13.5. The van der Waals surface area contributed by atoms with E-state index in [1.54, 1.807) is 24.3 Å². The van der Waals surface area contributed by atoms with Crippen LogP contribution in [0.4, 0.5) is 17.6 Å². The highest BCUT2D eigenvalue weighted by Crippen LogP contribution is 2.33. The normalized spacial score (nSPS) is 12.1. The van der Waals surface area contributed by atoms with Crippen LogP contribution in [-0.2, 0) is 16.2 Å². The summed E-state index contributed by atoms with van der Waals surface area (Å²) in [6, 6.07) is 9.58. The van der Waals surface area contributed by atoms with Crippen LogP contribution < -0.4 is 18.9 Å². The molecule has 1 N–H and O–H groups in total. The molecule has 2 aromatic carbocycles. The SMILES string of the molecule is COc1ccc(OC)c(-c2nnc3ccc(OCCNS(=O)(=O)c4ccc(F)c(C(F)(F)F)c4)nn23)c1. The molecule has 0 atom stereocenters. The summed E-state index contributed by atoms with van der Waals surface area (Å²) in [5.41, 5.74) is -0.740. The first-order valence-electron chi connectivity index (χ1n) is 10.5.